The van der Waals surface area contributed by atoms with Crippen LogP contribution < -0.4 is 0 Å². The molecule has 7 nitrogen and oxygen atoms in total. The predicted octanol–water partition coefficient (Wildman–Crippen LogP) is 3.09. The zero-order valence-corrected chi connectivity index (χ0v) is 14.3. The molecular formula is C15H21N4O3S+. The fourth-order valence-corrected chi connectivity index (χ4v) is 3.39. The number of carboxylic acid groups (broad SMARTS) is 1. The van der Waals surface area contributed by atoms with Crippen LogP contribution in [0.4, 0.5) is 5.69 Å². The van der Waals surface area contributed by atoms with Crippen LogP contribution >= 0.6 is 11.8 Å². The molecule has 1 unspecified atom stereocenters. The largest absolute Gasteiger partial charge is 0.481 e. The number of aliphatic carboxylic acids is 1. The highest BCUT2D eigenvalue weighted by molar-refractivity contribution is 8.00. The molecular weight excluding hydrogens is 316 g/mol. The van der Waals surface area contributed by atoms with Gasteiger partial charge in [-0.15, -0.1) is 11.8 Å². The van der Waals surface area contributed by atoms with Gasteiger partial charge in [0.25, 0.3) is 0 Å². The quantitative estimate of drug-likeness (QED) is 0.246. The van der Waals surface area contributed by atoms with Crippen molar-refractivity contribution in [3.05, 3.63) is 40.3 Å². The summed E-state index contributed by atoms with van der Waals surface area (Å²) < 4.78 is 0.639. The van der Waals surface area contributed by atoms with Crippen LogP contribution in [-0.2, 0) is 4.79 Å². The minimum absolute atomic E-state index is 0.0310. The van der Waals surface area contributed by atoms with E-state index < -0.39 is 5.97 Å². The lowest BCUT2D eigenvalue weighted by molar-refractivity contribution is -0.869. The second kappa shape index (κ2) is 8.57. The topological polar surface area (TPSA) is 103 Å². The number of carbonyl (C=O) groups is 2. The summed E-state index contributed by atoms with van der Waals surface area (Å²) >= 11 is 1.37. The van der Waals surface area contributed by atoms with E-state index in [0.29, 0.717) is 22.3 Å². The van der Waals surface area contributed by atoms with Gasteiger partial charge in [-0.1, -0.05) is 29.4 Å². The molecule has 1 aromatic carbocycles. The van der Waals surface area contributed by atoms with Gasteiger partial charge in [-0.05, 0) is 5.53 Å². The Labute approximate surface area is 139 Å². The first-order valence-corrected chi connectivity index (χ1v) is 8.08. The number of benzene rings is 1. The molecule has 1 N–H and O–H groups in total. The number of nitrogens with zero attached hydrogens (tertiary/aromatic N) is 4. The van der Waals surface area contributed by atoms with Gasteiger partial charge in [0.15, 0.2) is 5.78 Å². The maximum Gasteiger partial charge on any atom is 0.304 e. The number of carboxylic acids is 1. The fourth-order valence-electron chi connectivity index (χ4n) is 2.02. The maximum atomic E-state index is 12.2. The molecule has 0 heterocycles. The van der Waals surface area contributed by atoms with E-state index >= 15 is 0 Å². The van der Waals surface area contributed by atoms with Crippen molar-refractivity contribution in [3.8, 4) is 0 Å². The van der Waals surface area contributed by atoms with Gasteiger partial charge in [-0.25, -0.2) is 0 Å². The van der Waals surface area contributed by atoms with E-state index in [1.54, 1.807) is 24.3 Å². The molecule has 1 atom stereocenters. The summed E-state index contributed by atoms with van der Waals surface area (Å²) in [5.74, 6) is -0.708. The normalized spacial score (nSPS) is 12.3. The Kier molecular flexibility index (Phi) is 7.09. The highest BCUT2D eigenvalue weighted by atomic mass is 32.2. The molecule has 0 aliphatic rings. The van der Waals surface area contributed by atoms with Gasteiger partial charge in [0.1, 0.15) is 0 Å². The van der Waals surface area contributed by atoms with E-state index in [1.807, 2.05) is 21.1 Å². The van der Waals surface area contributed by atoms with Crippen molar-refractivity contribution < 1.29 is 19.2 Å². The minimum atomic E-state index is -0.859. The third-order valence-corrected chi connectivity index (χ3v) is 4.17. The summed E-state index contributed by atoms with van der Waals surface area (Å²) in [6, 6.07) is 6.38. The van der Waals surface area contributed by atoms with Gasteiger partial charge < -0.3 is 9.59 Å². The Balaban J connectivity index is 2.66. The van der Waals surface area contributed by atoms with Gasteiger partial charge in [0.2, 0.25) is 0 Å². The number of rotatable bonds is 9. The average Bonchev–Trinajstić information content (AvgIpc) is 2.43. The molecule has 0 aliphatic carbocycles. The van der Waals surface area contributed by atoms with E-state index in [0.717, 1.165) is 0 Å². The van der Waals surface area contributed by atoms with Crippen molar-refractivity contribution in [3.63, 3.8) is 0 Å². The summed E-state index contributed by atoms with van der Waals surface area (Å²) in [5.41, 5.74) is 9.32. The second-order valence-corrected chi connectivity index (χ2v) is 7.45. The van der Waals surface area contributed by atoms with Crippen LogP contribution in [0.2, 0.25) is 0 Å². The number of azide groups is 1. The third-order valence-electron chi connectivity index (χ3n) is 2.95. The van der Waals surface area contributed by atoms with Crippen molar-refractivity contribution in [2.75, 3.05) is 33.4 Å². The first kappa shape index (κ1) is 19.0. The predicted molar refractivity (Wildman–Crippen MR) is 91.0 cm³/mol. The monoisotopic (exact) mass is 337 g/mol. The van der Waals surface area contributed by atoms with Gasteiger partial charge in [0, 0.05) is 16.2 Å². The zero-order chi connectivity index (χ0) is 17.5. The van der Waals surface area contributed by atoms with Crippen molar-refractivity contribution >= 4 is 29.2 Å². The lowest BCUT2D eigenvalue weighted by Crippen LogP contribution is -2.41. The molecule has 0 saturated carbocycles. The van der Waals surface area contributed by atoms with Crippen LogP contribution in [0.3, 0.4) is 0 Å². The smallest absolute Gasteiger partial charge is 0.304 e. The Morgan fingerprint density at radius 1 is 1.30 bits per heavy atom. The molecule has 0 saturated heterocycles. The van der Waals surface area contributed by atoms with Crippen LogP contribution in [-0.4, -0.2) is 60.0 Å². The first-order chi connectivity index (χ1) is 10.7. The van der Waals surface area contributed by atoms with E-state index in [1.165, 1.54) is 11.8 Å². The molecule has 23 heavy (non-hydrogen) atoms. The van der Waals surface area contributed by atoms with Crippen LogP contribution in [0.15, 0.2) is 29.4 Å². The number of thioether (sulfide) groups is 1. The number of carbonyl (C=O) groups excluding carboxylic acids is 1. The van der Waals surface area contributed by atoms with E-state index in [9.17, 15) is 9.59 Å². The minimum Gasteiger partial charge on any atom is -0.481 e. The third kappa shape index (κ3) is 7.69. The Morgan fingerprint density at radius 2 is 1.91 bits per heavy atom. The van der Waals surface area contributed by atoms with E-state index in [4.69, 9.17) is 10.6 Å². The molecule has 1 aromatic rings. The van der Waals surface area contributed by atoms with Crippen molar-refractivity contribution in [1.29, 1.82) is 0 Å². The zero-order valence-electron chi connectivity index (χ0n) is 13.5. The second-order valence-electron chi connectivity index (χ2n) is 6.16. The van der Waals surface area contributed by atoms with Gasteiger partial charge in [-0.3, -0.25) is 9.59 Å². The highest BCUT2D eigenvalue weighted by Crippen LogP contribution is 2.20. The van der Waals surface area contributed by atoms with Crippen LogP contribution in [0.25, 0.3) is 10.4 Å². The molecule has 0 radical (unpaired) electrons. The van der Waals surface area contributed by atoms with Crippen molar-refractivity contribution in [2.45, 2.75) is 11.7 Å². The first-order valence-electron chi connectivity index (χ1n) is 7.03. The van der Waals surface area contributed by atoms with Gasteiger partial charge in [0.05, 0.1) is 45.1 Å². The standard InChI is InChI=1S/C15H20N4O3S/c1-19(2,3)9-13(8-15(21)22)23-10-14(20)11-4-6-12(7-5-11)17-18-16/h4-7,13H,8-10H2,1-3H3/p+1. The fraction of sp³-hybridized carbons (Fsp3) is 0.467. The van der Waals surface area contributed by atoms with Gasteiger partial charge >= 0.3 is 5.97 Å². The lowest BCUT2D eigenvalue weighted by Gasteiger charge is -2.28. The molecule has 124 valence electrons. The summed E-state index contributed by atoms with van der Waals surface area (Å²) in [4.78, 5) is 25.8. The van der Waals surface area contributed by atoms with E-state index in [2.05, 4.69) is 10.0 Å². The maximum absolute atomic E-state index is 12.2. The summed E-state index contributed by atoms with van der Waals surface area (Å²) in [6.07, 6.45) is 0.0310. The van der Waals surface area contributed by atoms with Crippen LogP contribution in [0.1, 0.15) is 16.8 Å². The molecule has 0 aliphatic heterocycles. The average molecular weight is 337 g/mol. The van der Waals surface area contributed by atoms with Gasteiger partial charge in [-0.2, -0.15) is 0 Å². The van der Waals surface area contributed by atoms with E-state index in [-0.39, 0.29) is 23.2 Å². The molecule has 1 rings (SSSR count). The Hall–Kier alpha value is -2.02. The highest BCUT2D eigenvalue weighted by Gasteiger charge is 2.22. The molecule has 0 spiro atoms. The Morgan fingerprint density at radius 3 is 2.39 bits per heavy atom. The molecule has 0 aromatic heterocycles. The molecule has 0 amide bonds. The number of quaternary nitrogens is 1. The number of hydrogen-bond acceptors (Lipinski definition) is 4. The number of hydrogen-bond donors (Lipinski definition) is 1. The molecule has 0 fully saturated rings. The van der Waals surface area contributed by atoms with Crippen molar-refractivity contribution in [2.24, 2.45) is 5.11 Å². The molecule has 8 heteroatoms. The number of Topliss-reactive ketones (excluding diaryl/α,β-unsaturated/α-hetero) is 1. The number of ketones is 1. The lowest BCUT2D eigenvalue weighted by atomic mass is 10.1. The Bertz CT molecular complexity index is 604. The SMILES string of the molecule is C[N+](C)(C)CC(CC(=O)O)SCC(=O)c1ccc(N=[N+]=[N-])cc1. The summed E-state index contributed by atoms with van der Waals surface area (Å²) in [7, 11) is 5.98. The molecule has 0 bridgehead atoms. The van der Waals surface area contributed by atoms with Crippen LogP contribution in [0.5, 0.6) is 0 Å². The van der Waals surface area contributed by atoms with Crippen LogP contribution in [0, 0.1) is 0 Å². The van der Waals surface area contributed by atoms with Crippen molar-refractivity contribution in [1.82, 2.24) is 0 Å². The summed E-state index contributed by atoms with van der Waals surface area (Å²) in [5, 5.41) is 12.3. The summed E-state index contributed by atoms with van der Waals surface area (Å²) in [6.45, 7) is 0.667.